The van der Waals surface area contributed by atoms with Gasteiger partial charge >= 0.3 is 0 Å². The van der Waals surface area contributed by atoms with Gasteiger partial charge in [0.25, 0.3) is 0 Å². The van der Waals surface area contributed by atoms with Crippen LogP contribution in [0.1, 0.15) is 12.5 Å². The van der Waals surface area contributed by atoms with E-state index in [0.717, 1.165) is 27.1 Å². The molecule has 0 radical (unpaired) electrons. The summed E-state index contributed by atoms with van der Waals surface area (Å²) in [5.74, 6) is 2.18. The smallest absolute Gasteiger partial charge is 0.216 e. The molecule has 2 aromatic carbocycles. The maximum absolute atomic E-state index is 5.46. The zero-order chi connectivity index (χ0) is 19.2. The third kappa shape index (κ3) is 4.55. The van der Waals surface area contributed by atoms with Crippen LogP contribution in [-0.2, 0) is 0 Å². The van der Waals surface area contributed by atoms with Crippen LogP contribution in [0.2, 0.25) is 0 Å². The monoisotopic (exact) mass is 447 g/mol. The van der Waals surface area contributed by atoms with Crippen LogP contribution >= 0.6 is 28.1 Å². The van der Waals surface area contributed by atoms with Crippen molar-refractivity contribution in [3.63, 3.8) is 0 Å². The van der Waals surface area contributed by atoms with Gasteiger partial charge in [-0.3, -0.25) is 0 Å². The summed E-state index contributed by atoms with van der Waals surface area (Å²) >= 11 is 8.74. The molecular weight excluding hydrogens is 430 g/mol. The van der Waals surface area contributed by atoms with Crippen molar-refractivity contribution in [2.75, 3.05) is 19.3 Å². The van der Waals surface area contributed by atoms with Crippen LogP contribution in [-0.4, -0.2) is 34.8 Å². The minimum Gasteiger partial charge on any atom is -0.496 e. The van der Waals surface area contributed by atoms with Gasteiger partial charge in [-0.2, -0.15) is 14.9 Å². The number of ether oxygens (including phenoxy) is 2. The van der Waals surface area contributed by atoms with E-state index in [0.29, 0.717) is 17.2 Å². The van der Waals surface area contributed by atoms with Gasteiger partial charge in [-0.1, -0.05) is 0 Å². The predicted molar refractivity (Wildman–Crippen MR) is 112 cm³/mol. The van der Waals surface area contributed by atoms with E-state index in [9.17, 15) is 0 Å². The van der Waals surface area contributed by atoms with Crippen LogP contribution < -0.4 is 15.0 Å². The molecule has 0 aliphatic rings. The van der Waals surface area contributed by atoms with E-state index in [2.05, 4.69) is 36.8 Å². The van der Waals surface area contributed by atoms with Crippen LogP contribution in [0.5, 0.6) is 11.5 Å². The van der Waals surface area contributed by atoms with E-state index in [1.165, 1.54) is 0 Å². The normalized spacial score (nSPS) is 10.9. The van der Waals surface area contributed by atoms with E-state index in [1.807, 2.05) is 49.4 Å². The second kappa shape index (κ2) is 8.83. The molecule has 2 N–H and O–H groups in total. The molecule has 0 aliphatic carbocycles. The van der Waals surface area contributed by atoms with Crippen molar-refractivity contribution in [2.24, 2.45) is 5.10 Å². The number of aromatic nitrogens is 3. The number of rotatable bonds is 7. The fourth-order valence-electron chi connectivity index (χ4n) is 2.37. The zero-order valence-electron chi connectivity index (χ0n) is 14.8. The van der Waals surface area contributed by atoms with Gasteiger partial charge in [0, 0.05) is 5.56 Å². The first kappa shape index (κ1) is 19.1. The molecule has 1 heterocycles. The number of hydrogen-bond donors (Lipinski definition) is 2. The second-order valence-corrected chi connectivity index (χ2v) is 6.64. The largest absolute Gasteiger partial charge is 0.496 e. The fourth-order valence-corrected chi connectivity index (χ4v) is 3.11. The first-order chi connectivity index (χ1) is 13.1. The minimum absolute atomic E-state index is 0.409. The van der Waals surface area contributed by atoms with Gasteiger partial charge in [-0.25, -0.2) is 10.6 Å². The summed E-state index contributed by atoms with van der Waals surface area (Å²) in [4.78, 5) is 0. The fraction of sp³-hybridized carbons (Fsp3) is 0.167. The number of H-pyrrole nitrogens is 1. The summed E-state index contributed by atoms with van der Waals surface area (Å²) < 4.78 is 13.5. The molecule has 0 aliphatic heterocycles. The highest BCUT2D eigenvalue weighted by Gasteiger charge is 2.08. The summed E-state index contributed by atoms with van der Waals surface area (Å²) in [5.41, 5.74) is 4.68. The van der Waals surface area contributed by atoms with Gasteiger partial charge in [-0.15, -0.1) is 0 Å². The summed E-state index contributed by atoms with van der Waals surface area (Å²) in [5, 5.41) is 11.3. The number of halogens is 1. The second-order valence-electron chi connectivity index (χ2n) is 5.40. The topological polar surface area (TPSA) is 76.5 Å². The molecule has 0 atom stereocenters. The Labute approximate surface area is 170 Å². The molecule has 1 aromatic heterocycles. The lowest BCUT2D eigenvalue weighted by molar-refractivity contribution is 0.340. The molecule has 140 valence electrons. The summed E-state index contributed by atoms with van der Waals surface area (Å²) in [7, 11) is 1.62. The molecule has 9 heteroatoms. The van der Waals surface area contributed by atoms with E-state index in [1.54, 1.807) is 18.0 Å². The van der Waals surface area contributed by atoms with E-state index in [-0.39, 0.29) is 0 Å². The third-order valence-electron chi connectivity index (χ3n) is 3.64. The molecule has 3 rings (SSSR count). The molecule has 3 aromatic rings. The zero-order valence-corrected chi connectivity index (χ0v) is 17.2. The van der Waals surface area contributed by atoms with Crippen molar-refractivity contribution in [2.45, 2.75) is 6.92 Å². The third-order valence-corrected chi connectivity index (χ3v) is 4.54. The Balaban J connectivity index is 1.79. The van der Waals surface area contributed by atoms with Crippen LogP contribution in [0.3, 0.4) is 0 Å². The Hall–Kier alpha value is -2.65. The predicted octanol–water partition coefficient (Wildman–Crippen LogP) is 4.36. The number of nitrogens with one attached hydrogen (secondary N) is 2. The lowest BCUT2D eigenvalue weighted by Crippen LogP contribution is -2.10. The van der Waals surface area contributed by atoms with E-state index < -0.39 is 0 Å². The van der Waals surface area contributed by atoms with Gasteiger partial charge < -0.3 is 9.47 Å². The molecular formula is C18H18BrN5O2S. The lowest BCUT2D eigenvalue weighted by Gasteiger charge is -2.07. The molecule has 0 saturated heterocycles. The minimum atomic E-state index is 0.409. The Morgan fingerprint density at radius 3 is 2.74 bits per heavy atom. The maximum atomic E-state index is 5.46. The van der Waals surface area contributed by atoms with Crippen molar-refractivity contribution in [3.8, 4) is 22.9 Å². The average molecular weight is 448 g/mol. The van der Waals surface area contributed by atoms with Gasteiger partial charge in [0.15, 0.2) is 5.82 Å². The molecule has 0 unspecified atom stereocenters. The van der Waals surface area contributed by atoms with Gasteiger partial charge in [0.2, 0.25) is 4.77 Å². The summed E-state index contributed by atoms with van der Waals surface area (Å²) in [6, 6.07) is 13.3. The highest BCUT2D eigenvalue weighted by atomic mass is 79.9. The molecule has 0 spiro atoms. The Morgan fingerprint density at radius 1 is 1.30 bits per heavy atom. The molecule has 0 saturated carbocycles. The van der Waals surface area contributed by atoms with Crippen LogP contribution in [0, 0.1) is 4.77 Å². The Kier molecular flexibility index (Phi) is 6.25. The first-order valence-corrected chi connectivity index (χ1v) is 9.35. The number of nitrogens with zero attached hydrogens (tertiary/aromatic N) is 3. The molecule has 0 bridgehead atoms. The van der Waals surface area contributed by atoms with Crippen molar-refractivity contribution >= 4 is 34.4 Å². The van der Waals surface area contributed by atoms with Crippen molar-refractivity contribution in [3.05, 3.63) is 57.3 Å². The van der Waals surface area contributed by atoms with Gasteiger partial charge in [0.05, 0.1) is 24.4 Å². The van der Waals surface area contributed by atoms with Crippen LogP contribution in [0.25, 0.3) is 11.4 Å². The quantitative estimate of drug-likeness (QED) is 0.319. The summed E-state index contributed by atoms with van der Waals surface area (Å²) in [6.07, 6.45) is 1.68. The number of hydrazone groups is 1. The van der Waals surface area contributed by atoms with Crippen molar-refractivity contribution in [1.82, 2.24) is 14.9 Å². The van der Waals surface area contributed by atoms with Crippen LogP contribution in [0.15, 0.2) is 52.0 Å². The van der Waals surface area contributed by atoms with Crippen molar-refractivity contribution < 1.29 is 9.47 Å². The van der Waals surface area contributed by atoms with E-state index in [4.69, 9.17) is 21.7 Å². The molecule has 7 nitrogen and oxygen atoms in total. The molecule has 0 fully saturated rings. The van der Waals surface area contributed by atoms with Crippen LogP contribution in [0.4, 0.5) is 0 Å². The number of benzene rings is 2. The van der Waals surface area contributed by atoms with Crippen molar-refractivity contribution in [1.29, 1.82) is 0 Å². The standard InChI is InChI=1S/C18H18BrN5O2S/c1-3-26-14-7-5-13(6-8-14)17-21-22-18(27)24(17)23-20-11-12-4-9-16(25-2)15(19)10-12/h4-11,23H,3H2,1-2H3,(H,22,27)/b20-11+. The van der Waals surface area contributed by atoms with E-state index >= 15 is 0 Å². The first-order valence-electron chi connectivity index (χ1n) is 8.15. The number of aromatic amines is 1. The number of methoxy groups -OCH3 is 1. The highest BCUT2D eigenvalue weighted by molar-refractivity contribution is 9.10. The highest BCUT2D eigenvalue weighted by Crippen LogP contribution is 2.25. The summed E-state index contributed by atoms with van der Waals surface area (Å²) in [6.45, 7) is 2.57. The lowest BCUT2D eigenvalue weighted by atomic mass is 10.2. The van der Waals surface area contributed by atoms with Gasteiger partial charge in [-0.05, 0) is 83.1 Å². The maximum Gasteiger partial charge on any atom is 0.216 e. The van der Waals surface area contributed by atoms with Gasteiger partial charge in [0.1, 0.15) is 11.5 Å². The number of hydrogen-bond acceptors (Lipinski definition) is 6. The molecule has 27 heavy (non-hydrogen) atoms. The SMILES string of the molecule is CCOc1ccc(-c2n[nH]c(=S)n2N/N=C/c2ccc(OC)c(Br)c2)cc1. The molecule has 0 amide bonds. The Bertz CT molecular complexity index is 998. The average Bonchev–Trinajstić information content (AvgIpc) is 3.04. The Morgan fingerprint density at radius 2 is 2.07 bits per heavy atom.